The first kappa shape index (κ1) is 12.5. The molecular formula is C17H13ClS. The van der Waals surface area contributed by atoms with Gasteiger partial charge in [0.25, 0.3) is 0 Å². The molecule has 0 bridgehead atoms. The summed E-state index contributed by atoms with van der Waals surface area (Å²) in [4.78, 5) is 2.65. The maximum atomic E-state index is 6.04. The molecule has 0 nitrogen and oxygen atoms in total. The van der Waals surface area contributed by atoms with Crippen molar-refractivity contribution in [2.75, 3.05) is 0 Å². The van der Waals surface area contributed by atoms with Crippen LogP contribution >= 0.6 is 22.9 Å². The maximum Gasteiger partial charge on any atom is 0.0412 e. The molecule has 0 saturated carbocycles. The lowest BCUT2D eigenvalue weighted by atomic mass is 10.1. The van der Waals surface area contributed by atoms with Crippen LogP contribution in [0.15, 0.2) is 66.7 Å². The van der Waals surface area contributed by atoms with E-state index in [1.54, 1.807) is 0 Å². The van der Waals surface area contributed by atoms with Crippen molar-refractivity contribution in [2.45, 2.75) is 6.42 Å². The standard InChI is InChI=1S/C17H13ClS/c18-15-8-4-7-14(12-15)17-10-9-16(19-17)11-13-5-2-1-3-6-13/h1-10,12H,11H2. The minimum atomic E-state index is 0.788. The fourth-order valence-corrected chi connectivity index (χ4v) is 3.30. The van der Waals surface area contributed by atoms with Gasteiger partial charge in [0.2, 0.25) is 0 Å². The molecule has 0 N–H and O–H groups in total. The van der Waals surface area contributed by atoms with E-state index >= 15 is 0 Å². The Morgan fingerprint density at radius 2 is 1.68 bits per heavy atom. The number of halogens is 1. The van der Waals surface area contributed by atoms with Crippen LogP contribution in [0.5, 0.6) is 0 Å². The van der Waals surface area contributed by atoms with E-state index in [1.165, 1.54) is 20.9 Å². The topological polar surface area (TPSA) is 0 Å². The Bertz CT molecular complexity index is 670. The molecule has 3 aromatic rings. The van der Waals surface area contributed by atoms with Gasteiger partial charge in [-0.3, -0.25) is 0 Å². The summed E-state index contributed by atoms with van der Waals surface area (Å²) >= 11 is 7.87. The number of benzene rings is 2. The highest BCUT2D eigenvalue weighted by molar-refractivity contribution is 7.15. The molecular weight excluding hydrogens is 272 g/mol. The van der Waals surface area contributed by atoms with E-state index < -0.39 is 0 Å². The average molecular weight is 285 g/mol. The molecule has 0 amide bonds. The highest BCUT2D eigenvalue weighted by Crippen LogP contribution is 2.30. The summed E-state index contributed by atoms with van der Waals surface area (Å²) in [5.74, 6) is 0. The summed E-state index contributed by atoms with van der Waals surface area (Å²) in [6, 6.07) is 22.9. The van der Waals surface area contributed by atoms with Crippen LogP contribution in [0.3, 0.4) is 0 Å². The summed E-state index contributed by atoms with van der Waals surface area (Å²) < 4.78 is 0. The SMILES string of the molecule is Clc1cccc(-c2ccc(Cc3ccccc3)s2)c1. The Morgan fingerprint density at radius 1 is 0.842 bits per heavy atom. The minimum absolute atomic E-state index is 0.788. The zero-order valence-corrected chi connectivity index (χ0v) is 11.9. The van der Waals surface area contributed by atoms with E-state index in [0.29, 0.717) is 0 Å². The van der Waals surface area contributed by atoms with Crippen molar-refractivity contribution < 1.29 is 0 Å². The summed E-state index contributed by atoms with van der Waals surface area (Å²) in [6.45, 7) is 0. The monoisotopic (exact) mass is 284 g/mol. The first-order valence-corrected chi connectivity index (χ1v) is 7.39. The average Bonchev–Trinajstić information content (AvgIpc) is 2.88. The van der Waals surface area contributed by atoms with Crippen molar-refractivity contribution in [3.8, 4) is 10.4 Å². The van der Waals surface area contributed by atoms with Gasteiger partial charge in [-0.25, -0.2) is 0 Å². The molecule has 94 valence electrons. The molecule has 1 heterocycles. The third-order valence-electron chi connectivity index (χ3n) is 2.99. The highest BCUT2D eigenvalue weighted by atomic mass is 35.5. The van der Waals surface area contributed by atoms with Gasteiger partial charge in [0.05, 0.1) is 0 Å². The smallest absolute Gasteiger partial charge is 0.0412 e. The van der Waals surface area contributed by atoms with Crippen molar-refractivity contribution in [1.82, 2.24) is 0 Å². The third-order valence-corrected chi connectivity index (χ3v) is 4.36. The molecule has 2 aromatic carbocycles. The molecule has 0 atom stereocenters. The molecule has 19 heavy (non-hydrogen) atoms. The van der Waals surface area contributed by atoms with E-state index in [-0.39, 0.29) is 0 Å². The second-order valence-electron chi connectivity index (χ2n) is 4.44. The zero-order chi connectivity index (χ0) is 13.1. The Labute approximate surface area is 122 Å². The van der Waals surface area contributed by atoms with Crippen LogP contribution in [0.25, 0.3) is 10.4 Å². The van der Waals surface area contributed by atoms with Crippen LogP contribution in [0.1, 0.15) is 10.4 Å². The predicted molar refractivity (Wildman–Crippen MR) is 84.0 cm³/mol. The molecule has 0 fully saturated rings. The molecule has 3 rings (SSSR count). The Balaban J connectivity index is 1.84. The van der Waals surface area contributed by atoms with Crippen molar-refractivity contribution in [1.29, 1.82) is 0 Å². The van der Waals surface area contributed by atoms with Gasteiger partial charge in [-0.15, -0.1) is 11.3 Å². The molecule has 0 aliphatic carbocycles. The normalized spacial score (nSPS) is 10.6. The van der Waals surface area contributed by atoms with Crippen molar-refractivity contribution >= 4 is 22.9 Å². The first-order valence-electron chi connectivity index (χ1n) is 6.20. The van der Waals surface area contributed by atoms with Crippen LogP contribution in [0.2, 0.25) is 5.02 Å². The fourth-order valence-electron chi connectivity index (χ4n) is 2.07. The molecule has 1 aromatic heterocycles. The molecule has 0 radical (unpaired) electrons. The van der Waals surface area contributed by atoms with Crippen LogP contribution in [-0.2, 0) is 6.42 Å². The molecule has 0 saturated heterocycles. The fraction of sp³-hybridized carbons (Fsp3) is 0.0588. The van der Waals surface area contributed by atoms with Crippen LogP contribution in [-0.4, -0.2) is 0 Å². The van der Waals surface area contributed by atoms with Crippen molar-refractivity contribution in [3.05, 3.63) is 82.2 Å². The van der Waals surface area contributed by atoms with Gasteiger partial charge in [0, 0.05) is 21.2 Å². The van der Waals surface area contributed by atoms with Gasteiger partial charge >= 0.3 is 0 Å². The van der Waals surface area contributed by atoms with Crippen molar-refractivity contribution in [2.24, 2.45) is 0 Å². The van der Waals surface area contributed by atoms with Crippen LogP contribution in [0.4, 0.5) is 0 Å². The van der Waals surface area contributed by atoms with Crippen LogP contribution in [0, 0.1) is 0 Å². The molecule has 0 aliphatic heterocycles. The second kappa shape index (κ2) is 5.60. The van der Waals surface area contributed by atoms with Crippen LogP contribution < -0.4 is 0 Å². The van der Waals surface area contributed by atoms with E-state index in [9.17, 15) is 0 Å². The number of hydrogen-bond acceptors (Lipinski definition) is 1. The highest BCUT2D eigenvalue weighted by Gasteiger charge is 2.04. The predicted octanol–water partition coefficient (Wildman–Crippen LogP) is 5.66. The maximum absolute atomic E-state index is 6.04. The summed E-state index contributed by atoms with van der Waals surface area (Å²) in [6.07, 6.45) is 0.992. The lowest BCUT2D eigenvalue weighted by molar-refractivity contribution is 1.24. The molecule has 0 unspecified atom stereocenters. The van der Waals surface area contributed by atoms with Gasteiger partial charge < -0.3 is 0 Å². The van der Waals surface area contributed by atoms with Gasteiger partial charge in [0.15, 0.2) is 0 Å². The molecule has 0 aliphatic rings. The van der Waals surface area contributed by atoms with Gasteiger partial charge in [-0.1, -0.05) is 54.1 Å². The number of rotatable bonds is 3. The van der Waals surface area contributed by atoms with E-state index in [0.717, 1.165) is 11.4 Å². The van der Waals surface area contributed by atoms with Gasteiger partial charge in [0.1, 0.15) is 0 Å². The summed E-state index contributed by atoms with van der Waals surface area (Å²) in [7, 11) is 0. The Kier molecular flexibility index (Phi) is 3.67. The first-order chi connectivity index (χ1) is 9.31. The second-order valence-corrected chi connectivity index (χ2v) is 6.04. The summed E-state index contributed by atoms with van der Waals surface area (Å²) in [5.41, 5.74) is 2.54. The molecule has 2 heteroatoms. The Morgan fingerprint density at radius 3 is 2.47 bits per heavy atom. The van der Waals surface area contributed by atoms with E-state index in [4.69, 9.17) is 11.6 Å². The number of hydrogen-bond donors (Lipinski definition) is 0. The largest absolute Gasteiger partial charge is 0.140 e. The minimum Gasteiger partial charge on any atom is -0.140 e. The number of thiophene rings is 1. The molecule has 0 spiro atoms. The Hall–Kier alpha value is -1.57. The van der Waals surface area contributed by atoms with E-state index in [1.807, 2.05) is 29.5 Å². The lowest BCUT2D eigenvalue weighted by Gasteiger charge is -1.99. The van der Waals surface area contributed by atoms with Crippen molar-refractivity contribution in [3.63, 3.8) is 0 Å². The van der Waals surface area contributed by atoms with Gasteiger partial charge in [-0.2, -0.15) is 0 Å². The lowest BCUT2D eigenvalue weighted by Crippen LogP contribution is -1.81. The summed E-state index contributed by atoms with van der Waals surface area (Å²) in [5, 5.41) is 0.788. The van der Waals surface area contributed by atoms with Gasteiger partial charge in [-0.05, 0) is 35.4 Å². The quantitative estimate of drug-likeness (QED) is 0.582. The van der Waals surface area contributed by atoms with E-state index in [2.05, 4.69) is 48.5 Å². The zero-order valence-electron chi connectivity index (χ0n) is 10.3. The third kappa shape index (κ3) is 3.06.